The van der Waals surface area contributed by atoms with Crippen molar-refractivity contribution in [3.05, 3.63) is 113 Å². The Hall–Kier alpha value is -4.09. The minimum Gasteiger partial charge on any atom is -0.415 e. The van der Waals surface area contributed by atoms with Crippen molar-refractivity contribution in [1.82, 2.24) is 9.78 Å². The van der Waals surface area contributed by atoms with Crippen molar-refractivity contribution in [2.45, 2.75) is 64.3 Å². The van der Waals surface area contributed by atoms with Crippen LogP contribution in [0.25, 0.3) is 5.69 Å². The van der Waals surface area contributed by atoms with E-state index in [1.807, 2.05) is 37.3 Å². The average Bonchev–Trinajstić information content (AvgIpc) is 3.35. The zero-order chi connectivity index (χ0) is 34.3. The third-order valence-corrected chi connectivity index (χ3v) is 13.9. The number of ketones is 1. The molecular formula is C36H39F4N3O3Si. The number of fused-ring (bicyclic) bond motifs is 1. The molecule has 0 aliphatic carbocycles. The van der Waals surface area contributed by atoms with Crippen molar-refractivity contribution in [1.29, 1.82) is 0 Å². The Bertz CT molecular complexity index is 1760. The van der Waals surface area contributed by atoms with Crippen molar-refractivity contribution >= 4 is 25.8 Å². The molecule has 248 valence electrons. The summed E-state index contributed by atoms with van der Waals surface area (Å²) in [6.45, 7) is 12.8. The largest absolute Gasteiger partial charge is 0.416 e. The number of Topliss-reactive ketones (excluding diaryl/α,β-unsaturated/α-hetero) is 1. The van der Waals surface area contributed by atoms with Gasteiger partial charge in [-0.05, 0) is 67.0 Å². The molecule has 3 aromatic carbocycles. The first-order valence-electron chi connectivity index (χ1n) is 15.6. The van der Waals surface area contributed by atoms with E-state index >= 15 is 0 Å². The second kappa shape index (κ2) is 12.8. The Morgan fingerprint density at radius 1 is 0.957 bits per heavy atom. The summed E-state index contributed by atoms with van der Waals surface area (Å²) in [6, 6.07) is 19.3. The number of aryl methyl sites for hydroxylation is 1. The second-order valence-corrected chi connectivity index (χ2v) is 18.3. The summed E-state index contributed by atoms with van der Waals surface area (Å²) in [5.74, 6) is -2.65. The van der Waals surface area contributed by atoms with Crippen LogP contribution in [0.5, 0.6) is 0 Å². The summed E-state index contributed by atoms with van der Waals surface area (Å²) in [5.41, 5.74) is 1.53. The molecule has 2 atom stereocenters. The normalized spacial score (nSPS) is 17.1. The summed E-state index contributed by atoms with van der Waals surface area (Å²) in [7, 11) is -2.20. The first-order valence-corrected chi connectivity index (χ1v) is 18.5. The molecule has 6 nitrogen and oxygen atoms in total. The van der Waals surface area contributed by atoms with Crippen molar-refractivity contribution in [3.8, 4) is 5.69 Å². The van der Waals surface area contributed by atoms with Gasteiger partial charge in [0.2, 0.25) is 5.91 Å². The number of alkyl halides is 3. The van der Waals surface area contributed by atoms with E-state index in [0.717, 1.165) is 17.8 Å². The van der Waals surface area contributed by atoms with Crippen LogP contribution in [0.3, 0.4) is 0 Å². The van der Waals surface area contributed by atoms with Crippen LogP contribution in [0.4, 0.5) is 23.4 Å². The first kappa shape index (κ1) is 34.2. The van der Waals surface area contributed by atoms with Gasteiger partial charge in [-0.2, -0.15) is 18.3 Å². The van der Waals surface area contributed by atoms with E-state index in [1.54, 1.807) is 21.7 Å². The number of amides is 1. The molecule has 1 aromatic heterocycles. The van der Waals surface area contributed by atoms with Gasteiger partial charge in [0.25, 0.3) is 0 Å². The molecule has 0 bridgehead atoms. The van der Waals surface area contributed by atoms with E-state index in [9.17, 15) is 27.2 Å². The molecule has 0 unspecified atom stereocenters. The number of benzene rings is 3. The predicted molar refractivity (Wildman–Crippen MR) is 176 cm³/mol. The summed E-state index contributed by atoms with van der Waals surface area (Å²) in [5, 5.41) is 4.78. The van der Waals surface area contributed by atoms with Gasteiger partial charge in [-0.25, -0.2) is 9.07 Å². The standard InChI is InChI=1S/C36H39F4N3O3Si/c1-23-31-32(24-15-17-27(37)18-16-24)29(22-30(44)25-11-10-12-26(21-25)36(38,39)40)34(45)42(19-20-46-47(5,6)35(2,3)4)33(31)43(41-23)28-13-8-7-9-14-28/h7-18,21,29,32H,19-20,22H2,1-6H3/t29-,32+/m0/s1. The van der Waals surface area contributed by atoms with Gasteiger partial charge in [0, 0.05) is 30.0 Å². The Balaban J connectivity index is 1.64. The number of nitrogens with zero attached hydrogens (tertiary/aromatic N) is 3. The molecule has 0 saturated heterocycles. The topological polar surface area (TPSA) is 64.4 Å². The number of carbonyl (C=O) groups is 2. The Morgan fingerprint density at radius 3 is 2.23 bits per heavy atom. The minimum absolute atomic E-state index is 0.0694. The Morgan fingerprint density at radius 2 is 1.62 bits per heavy atom. The molecule has 2 heterocycles. The average molecular weight is 666 g/mol. The fourth-order valence-corrected chi connectivity index (χ4v) is 6.87. The highest BCUT2D eigenvalue weighted by Gasteiger charge is 2.46. The van der Waals surface area contributed by atoms with Gasteiger partial charge in [0.1, 0.15) is 11.6 Å². The second-order valence-electron chi connectivity index (χ2n) is 13.5. The highest BCUT2D eigenvalue weighted by Crippen LogP contribution is 2.47. The first-order chi connectivity index (χ1) is 22.0. The van der Waals surface area contributed by atoms with Crippen molar-refractivity contribution < 1.29 is 31.6 Å². The van der Waals surface area contributed by atoms with E-state index in [4.69, 9.17) is 9.52 Å². The van der Waals surface area contributed by atoms with Gasteiger partial charge in [0.15, 0.2) is 14.1 Å². The molecule has 4 aromatic rings. The molecule has 0 spiro atoms. The van der Waals surface area contributed by atoms with Gasteiger partial charge in [-0.1, -0.05) is 63.2 Å². The van der Waals surface area contributed by atoms with Crippen molar-refractivity contribution in [2.24, 2.45) is 5.92 Å². The quantitative estimate of drug-likeness (QED) is 0.102. The predicted octanol–water partition coefficient (Wildman–Crippen LogP) is 8.73. The van der Waals surface area contributed by atoms with E-state index in [1.165, 1.54) is 24.3 Å². The van der Waals surface area contributed by atoms with Crippen LogP contribution in [-0.2, 0) is 15.4 Å². The Labute approximate surface area is 273 Å². The van der Waals surface area contributed by atoms with E-state index in [-0.39, 0.29) is 36.1 Å². The molecule has 1 aliphatic heterocycles. The monoisotopic (exact) mass is 665 g/mol. The maximum absolute atomic E-state index is 14.7. The Kier molecular flexibility index (Phi) is 9.35. The lowest BCUT2D eigenvalue weighted by atomic mass is 9.74. The van der Waals surface area contributed by atoms with E-state index in [2.05, 4.69) is 33.9 Å². The number of carbonyl (C=O) groups excluding carboxylic acids is 2. The van der Waals surface area contributed by atoms with E-state index in [0.29, 0.717) is 22.6 Å². The number of anilines is 1. The fourth-order valence-electron chi connectivity index (χ4n) is 5.83. The third-order valence-electron chi connectivity index (χ3n) is 9.36. The van der Waals surface area contributed by atoms with Crippen LogP contribution in [0, 0.1) is 18.7 Å². The molecular weight excluding hydrogens is 626 g/mol. The molecule has 0 saturated carbocycles. The molecule has 0 N–H and O–H groups in total. The summed E-state index contributed by atoms with van der Waals surface area (Å²) in [4.78, 5) is 30.0. The van der Waals surface area contributed by atoms with E-state index < -0.39 is 43.5 Å². The number of hydrogen-bond acceptors (Lipinski definition) is 4. The zero-order valence-electron chi connectivity index (χ0n) is 27.4. The van der Waals surface area contributed by atoms with Gasteiger partial charge in [0.05, 0.1) is 29.5 Å². The third kappa shape index (κ3) is 6.96. The zero-order valence-corrected chi connectivity index (χ0v) is 28.4. The molecule has 47 heavy (non-hydrogen) atoms. The summed E-state index contributed by atoms with van der Waals surface area (Å²) in [6.07, 6.45) is -5.00. The number of aromatic nitrogens is 2. The van der Waals surface area contributed by atoms with Crippen LogP contribution in [0.15, 0.2) is 78.9 Å². The highest BCUT2D eigenvalue weighted by molar-refractivity contribution is 6.74. The summed E-state index contributed by atoms with van der Waals surface area (Å²) < 4.78 is 62.9. The van der Waals surface area contributed by atoms with Crippen LogP contribution in [0.1, 0.15) is 65.9 Å². The number of halogens is 4. The molecule has 1 amide bonds. The van der Waals surface area contributed by atoms with Crippen molar-refractivity contribution in [3.63, 3.8) is 0 Å². The lowest BCUT2D eigenvalue weighted by molar-refractivity contribution is -0.137. The molecule has 5 rings (SSSR count). The number of hydrogen-bond donors (Lipinski definition) is 0. The smallest absolute Gasteiger partial charge is 0.415 e. The fraction of sp³-hybridized carbons (Fsp3) is 0.361. The molecule has 0 fully saturated rings. The van der Waals surface area contributed by atoms with Crippen LogP contribution in [-0.4, -0.2) is 42.9 Å². The lowest BCUT2D eigenvalue weighted by Gasteiger charge is -2.40. The van der Waals surface area contributed by atoms with Gasteiger partial charge in [-0.3, -0.25) is 14.5 Å². The van der Waals surface area contributed by atoms with Crippen LogP contribution < -0.4 is 4.90 Å². The summed E-state index contributed by atoms with van der Waals surface area (Å²) >= 11 is 0. The number of rotatable bonds is 9. The minimum atomic E-state index is -4.63. The number of para-hydroxylation sites is 1. The van der Waals surface area contributed by atoms with Crippen LogP contribution >= 0.6 is 0 Å². The lowest BCUT2D eigenvalue weighted by Crippen LogP contribution is -2.48. The van der Waals surface area contributed by atoms with Crippen molar-refractivity contribution in [2.75, 3.05) is 18.1 Å². The molecule has 0 radical (unpaired) electrons. The SMILES string of the molecule is Cc1nn(-c2ccccc2)c2c1[C@H](c1ccc(F)cc1)[C@H](CC(=O)c1cccc(C(F)(F)F)c1)C(=O)N2CCO[Si](C)(C)C(C)(C)C. The maximum atomic E-state index is 14.7. The van der Waals surface area contributed by atoms with Crippen LogP contribution in [0.2, 0.25) is 18.1 Å². The molecule has 11 heteroatoms. The maximum Gasteiger partial charge on any atom is 0.416 e. The van der Waals surface area contributed by atoms with Gasteiger partial charge >= 0.3 is 6.18 Å². The van der Waals surface area contributed by atoms with Gasteiger partial charge < -0.3 is 4.43 Å². The van der Waals surface area contributed by atoms with Gasteiger partial charge in [-0.15, -0.1) is 0 Å². The molecule has 1 aliphatic rings. The highest BCUT2D eigenvalue weighted by atomic mass is 28.4.